The Kier molecular flexibility index (Phi) is 7.55. The van der Waals surface area contributed by atoms with Gasteiger partial charge in [-0.15, -0.1) is 0 Å². The molecule has 4 saturated carbocycles. The van der Waals surface area contributed by atoms with E-state index in [9.17, 15) is 23.1 Å². The number of rotatable bonds is 9. The average Bonchev–Trinajstić information content (AvgIpc) is 3.49. The lowest BCUT2D eigenvalue weighted by molar-refractivity contribution is -0.163. The van der Waals surface area contributed by atoms with E-state index in [0.29, 0.717) is 51.1 Å². The molecular weight excluding hydrogens is 620 g/mol. The average molecular weight is 659 g/mol. The summed E-state index contributed by atoms with van der Waals surface area (Å²) >= 11 is 0. The number of fused-ring (bicyclic) bond motifs is 1. The number of nitrogens with zero attached hydrogens (tertiary/aromatic N) is 3. The third-order valence-electron chi connectivity index (χ3n) is 10.6. The van der Waals surface area contributed by atoms with Crippen LogP contribution in [-0.2, 0) is 14.8 Å². The van der Waals surface area contributed by atoms with Crippen molar-refractivity contribution in [3.05, 3.63) is 66.4 Å². The zero-order valence-electron chi connectivity index (χ0n) is 26.8. The Hall–Kier alpha value is -4.42. The Bertz CT molecular complexity index is 1970. The molecule has 4 aliphatic rings. The molecule has 0 saturated heterocycles. The maximum atomic E-state index is 14.2. The summed E-state index contributed by atoms with van der Waals surface area (Å²) < 4.78 is 40.8. The highest BCUT2D eigenvalue weighted by Gasteiger charge is 2.62. The van der Waals surface area contributed by atoms with Gasteiger partial charge in [-0.2, -0.15) is 5.10 Å². The molecule has 8 rings (SSSR count). The number of hydrogen-bond acceptors (Lipinski definition) is 7. The predicted molar refractivity (Wildman–Crippen MR) is 175 cm³/mol. The van der Waals surface area contributed by atoms with Crippen molar-refractivity contribution < 1.29 is 32.6 Å². The summed E-state index contributed by atoms with van der Waals surface area (Å²) in [5, 5.41) is 19.5. The molecule has 1 heterocycles. The van der Waals surface area contributed by atoms with Gasteiger partial charge in [-0.25, -0.2) is 22.2 Å². The number of hydrogen-bond donors (Lipinski definition) is 2. The van der Waals surface area contributed by atoms with Crippen LogP contribution in [0.25, 0.3) is 27.7 Å². The molecule has 246 valence electrons. The summed E-state index contributed by atoms with van der Waals surface area (Å²) in [6.45, 7) is 0. The molecule has 4 fully saturated rings. The third-order valence-corrected chi connectivity index (χ3v) is 12.4. The summed E-state index contributed by atoms with van der Waals surface area (Å²) in [6.07, 6.45) is 4.34. The molecule has 3 aromatic carbocycles. The molecule has 1 amide bonds. The van der Waals surface area contributed by atoms with Crippen LogP contribution in [0.2, 0.25) is 0 Å². The van der Waals surface area contributed by atoms with E-state index in [1.165, 1.54) is 34.4 Å². The lowest BCUT2D eigenvalue weighted by Crippen LogP contribution is -2.70. The number of nitrogens with one attached hydrogen (secondary N) is 1. The molecule has 0 unspecified atom stereocenters. The van der Waals surface area contributed by atoms with Crippen LogP contribution in [0.5, 0.6) is 11.5 Å². The van der Waals surface area contributed by atoms with Gasteiger partial charge in [0, 0.05) is 24.9 Å². The van der Waals surface area contributed by atoms with E-state index in [0.717, 1.165) is 36.4 Å². The number of aromatic nitrogens is 2. The lowest BCUT2D eigenvalue weighted by atomic mass is 9.48. The second-order valence-corrected chi connectivity index (χ2v) is 15.3. The van der Waals surface area contributed by atoms with Crippen molar-refractivity contribution in [3.63, 3.8) is 0 Å². The second kappa shape index (κ2) is 11.4. The maximum absolute atomic E-state index is 14.2. The molecule has 0 aliphatic heterocycles. The normalized spacial score (nSPS) is 24.9. The van der Waals surface area contributed by atoms with Gasteiger partial charge in [-0.1, -0.05) is 30.3 Å². The molecular formula is C35H38N4O7S. The van der Waals surface area contributed by atoms with Gasteiger partial charge in [0.15, 0.2) is 5.69 Å². The first kappa shape index (κ1) is 31.2. The van der Waals surface area contributed by atoms with E-state index < -0.39 is 27.4 Å². The van der Waals surface area contributed by atoms with Crippen LogP contribution in [0.15, 0.2) is 65.6 Å². The van der Waals surface area contributed by atoms with Crippen molar-refractivity contribution in [1.29, 1.82) is 0 Å². The number of carbonyl (C=O) groups excluding carboxylic acids is 1. The van der Waals surface area contributed by atoms with Crippen LogP contribution >= 0.6 is 0 Å². The van der Waals surface area contributed by atoms with Gasteiger partial charge in [0.2, 0.25) is 10.0 Å². The first-order chi connectivity index (χ1) is 22.5. The van der Waals surface area contributed by atoms with Crippen molar-refractivity contribution in [3.8, 4) is 28.4 Å². The van der Waals surface area contributed by atoms with E-state index in [1.807, 2.05) is 0 Å². The SMILES string of the molecule is COc1cccc(OC)c1-c1cc(C(=O)NC2(C(=O)O)C3CC4CC(C3)CC2C4)nn1-c1ccc(S(=O)(=O)N(C)C)c2ccccc12. The smallest absolute Gasteiger partial charge is 0.330 e. The first-order valence-electron chi connectivity index (χ1n) is 15.8. The number of ether oxygens (including phenoxy) is 2. The van der Waals surface area contributed by atoms with Gasteiger partial charge in [0.1, 0.15) is 17.0 Å². The fourth-order valence-corrected chi connectivity index (χ4v) is 9.69. The number of carboxylic acids is 1. The van der Waals surface area contributed by atoms with Gasteiger partial charge < -0.3 is 19.9 Å². The molecule has 0 atom stereocenters. The monoisotopic (exact) mass is 658 g/mol. The number of benzene rings is 3. The molecule has 4 aromatic rings. The standard InChI is InChI=1S/C35H38N4O7S/c1-38(2)47(43,44)31-13-12-27(24-8-5-6-9-25(24)31)39-28(32-29(45-3)10-7-11-30(32)46-4)19-26(37-39)33(40)36-35(34(41)42)22-15-20-14-21(17-22)18-23(35)16-20/h5-13,19-23H,14-18H2,1-4H3,(H,36,40)(H,41,42). The largest absolute Gasteiger partial charge is 0.496 e. The van der Waals surface area contributed by atoms with Crippen LogP contribution in [0.3, 0.4) is 0 Å². The molecule has 47 heavy (non-hydrogen) atoms. The second-order valence-electron chi connectivity index (χ2n) is 13.2. The summed E-state index contributed by atoms with van der Waals surface area (Å²) in [7, 11) is 2.24. The maximum Gasteiger partial charge on any atom is 0.330 e. The molecule has 1 aromatic heterocycles. The van der Waals surface area contributed by atoms with Crippen LogP contribution < -0.4 is 14.8 Å². The van der Waals surface area contributed by atoms with E-state index in [1.54, 1.807) is 59.3 Å². The van der Waals surface area contributed by atoms with E-state index in [-0.39, 0.29) is 22.4 Å². The molecule has 0 radical (unpaired) electrons. The Morgan fingerprint density at radius 3 is 2.04 bits per heavy atom. The third kappa shape index (κ3) is 4.79. The van der Waals surface area contributed by atoms with Crippen LogP contribution in [-0.4, -0.2) is 73.3 Å². The summed E-state index contributed by atoms with van der Waals surface area (Å²) in [4.78, 5) is 27.4. The fraction of sp³-hybridized carbons (Fsp3) is 0.400. The number of amides is 1. The highest BCUT2D eigenvalue weighted by Crippen LogP contribution is 2.58. The predicted octanol–water partition coefficient (Wildman–Crippen LogP) is 4.97. The quantitative estimate of drug-likeness (QED) is 0.257. The van der Waals surface area contributed by atoms with Crippen LogP contribution in [0, 0.1) is 23.7 Å². The van der Waals surface area contributed by atoms with Gasteiger partial charge in [-0.05, 0) is 86.1 Å². The molecule has 0 spiro atoms. The summed E-state index contributed by atoms with van der Waals surface area (Å²) in [5.41, 5.74) is 0.165. The topological polar surface area (TPSA) is 140 Å². The van der Waals surface area contributed by atoms with Crippen molar-refractivity contribution in [2.45, 2.75) is 42.5 Å². The molecule has 2 N–H and O–H groups in total. The Balaban J connectivity index is 1.41. The van der Waals surface area contributed by atoms with Gasteiger partial charge >= 0.3 is 5.97 Å². The van der Waals surface area contributed by atoms with Gasteiger partial charge in [0.05, 0.1) is 36.1 Å². The van der Waals surface area contributed by atoms with Gasteiger partial charge in [-0.3, -0.25) is 4.79 Å². The molecule has 12 heteroatoms. The minimum Gasteiger partial charge on any atom is -0.496 e. The number of aliphatic carboxylic acids is 1. The molecule has 11 nitrogen and oxygen atoms in total. The highest BCUT2D eigenvalue weighted by molar-refractivity contribution is 7.89. The minimum atomic E-state index is -3.79. The zero-order chi connectivity index (χ0) is 33.2. The molecule has 4 bridgehead atoms. The van der Waals surface area contributed by atoms with Crippen molar-refractivity contribution in [2.75, 3.05) is 28.3 Å². The number of sulfonamides is 1. The van der Waals surface area contributed by atoms with Crippen molar-refractivity contribution in [2.24, 2.45) is 23.7 Å². The Labute approximate surface area is 273 Å². The first-order valence-corrected chi connectivity index (χ1v) is 17.3. The van der Waals surface area contributed by atoms with E-state index >= 15 is 0 Å². The van der Waals surface area contributed by atoms with Gasteiger partial charge in [0.25, 0.3) is 5.91 Å². The van der Waals surface area contributed by atoms with Crippen LogP contribution in [0.1, 0.15) is 42.6 Å². The zero-order valence-corrected chi connectivity index (χ0v) is 27.6. The van der Waals surface area contributed by atoms with E-state index in [2.05, 4.69) is 5.32 Å². The summed E-state index contributed by atoms with van der Waals surface area (Å²) in [6, 6.07) is 17.2. The number of carboxylic acid groups (broad SMARTS) is 1. The van der Waals surface area contributed by atoms with Crippen molar-refractivity contribution >= 4 is 32.7 Å². The van der Waals surface area contributed by atoms with E-state index in [4.69, 9.17) is 14.6 Å². The minimum absolute atomic E-state index is 0.0245. The van der Waals surface area contributed by atoms with Crippen molar-refractivity contribution in [1.82, 2.24) is 19.4 Å². The Morgan fingerprint density at radius 2 is 1.49 bits per heavy atom. The number of carbonyl (C=O) groups is 2. The number of methoxy groups -OCH3 is 2. The van der Waals surface area contributed by atoms with Crippen LogP contribution in [0.4, 0.5) is 0 Å². The highest BCUT2D eigenvalue weighted by atomic mass is 32.2. The summed E-state index contributed by atoms with van der Waals surface area (Å²) in [5.74, 6) is 0.126. The lowest BCUT2D eigenvalue weighted by Gasteiger charge is -2.59. The molecule has 4 aliphatic carbocycles. The fourth-order valence-electron chi connectivity index (χ4n) is 8.61. The Morgan fingerprint density at radius 1 is 0.894 bits per heavy atom.